The molecule has 1 saturated carbocycles. The van der Waals surface area contributed by atoms with Crippen LogP contribution in [0.5, 0.6) is 0 Å². The molecule has 4 rings (SSSR count). The van der Waals surface area contributed by atoms with Gasteiger partial charge in [0, 0.05) is 42.1 Å². The molecule has 162 valence electrons. The number of aromatic nitrogens is 2. The van der Waals surface area contributed by atoms with Gasteiger partial charge in [0.25, 0.3) is 0 Å². The molecule has 0 radical (unpaired) electrons. The fourth-order valence-electron chi connectivity index (χ4n) is 4.87. The Labute approximate surface area is 179 Å². The minimum atomic E-state index is 0.188. The van der Waals surface area contributed by atoms with Crippen LogP contribution in [0.3, 0.4) is 0 Å². The van der Waals surface area contributed by atoms with Gasteiger partial charge in [0.1, 0.15) is 0 Å². The molecular formula is C24H35N5O. The lowest BCUT2D eigenvalue weighted by molar-refractivity contribution is -0.119. The second-order valence-corrected chi connectivity index (χ2v) is 8.90. The third kappa shape index (κ3) is 5.04. The van der Waals surface area contributed by atoms with Crippen molar-refractivity contribution in [3.63, 3.8) is 0 Å². The SMILES string of the molecule is Cc1n[nH]c(C)c1CCNC1CCN(c2ccc(NC(=O)C3CCCC3)cc2)CC1. The minimum Gasteiger partial charge on any atom is -0.371 e. The van der Waals surface area contributed by atoms with Gasteiger partial charge in [-0.2, -0.15) is 5.10 Å². The van der Waals surface area contributed by atoms with Gasteiger partial charge in [0.05, 0.1) is 5.69 Å². The summed E-state index contributed by atoms with van der Waals surface area (Å²) in [5.74, 6) is 0.394. The Morgan fingerprint density at radius 2 is 1.80 bits per heavy atom. The van der Waals surface area contributed by atoms with E-state index in [4.69, 9.17) is 0 Å². The van der Waals surface area contributed by atoms with E-state index in [9.17, 15) is 4.79 Å². The summed E-state index contributed by atoms with van der Waals surface area (Å²) < 4.78 is 0. The Bertz CT molecular complexity index is 810. The normalized spacial score (nSPS) is 18.1. The number of H-pyrrole nitrogens is 1. The maximum Gasteiger partial charge on any atom is 0.227 e. The van der Waals surface area contributed by atoms with Crippen LogP contribution >= 0.6 is 0 Å². The Morgan fingerprint density at radius 3 is 2.43 bits per heavy atom. The lowest BCUT2D eigenvalue weighted by Gasteiger charge is -2.34. The number of aromatic amines is 1. The standard InChI is InChI=1S/C24H35N5O/c1-17-23(18(2)28-27-17)11-14-25-20-12-15-29(16-13-20)22-9-7-21(8-10-22)26-24(30)19-5-3-4-6-19/h7-10,19-20,25H,3-6,11-16H2,1-2H3,(H,26,30)(H,27,28). The number of carbonyl (C=O) groups excluding carboxylic acids is 1. The predicted octanol–water partition coefficient (Wildman–Crippen LogP) is 3.96. The highest BCUT2D eigenvalue weighted by molar-refractivity contribution is 5.92. The number of amides is 1. The molecule has 3 N–H and O–H groups in total. The van der Waals surface area contributed by atoms with Crippen LogP contribution in [0.1, 0.15) is 55.5 Å². The molecule has 0 bridgehead atoms. The van der Waals surface area contributed by atoms with E-state index in [0.29, 0.717) is 6.04 Å². The van der Waals surface area contributed by atoms with E-state index in [1.807, 2.05) is 12.1 Å². The van der Waals surface area contributed by atoms with Crippen LogP contribution in [0.2, 0.25) is 0 Å². The lowest BCUT2D eigenvalue weighted by Crippen LogP contribution is -2.43. The van der Waals surface area contributed by atoms with Gasteiger partial charge in [0.2, 0.25) is 5.91 Å². The lowest BCUT2D eigenvalue weighted by atomic mass is 10.0. The highest BCUT2D eigenvalue weighted by Gasteiger charge is 2.23. The predicted molar refractivity (Wildman–Crippen MR) is 122 cm³/mol. The summed E-state index contributed by atoms with van der Waals surface area (Å²) in [7, 11) is 0. The first-order chi connectivity index (χ1) is 14.6. The number of carbonyl (C=O) groups is 1. The molecule has 2 aliphatic rings. The van der Waals surface area contributed by atoms with Crippen molar-refractivity contribution in [3.8, 4) is 0 Å². The summed E-state index contributed by atoms with van der Waals surface area (Å²) in [4.78, 5) is 14.8. The smallest absolute Gasteiger partial charge is 0.227 e. The Balaban J connectivity index is 1.20. The number of hydrogen-bond donors (Lipinski definition) is 3. The number of nitrogens with zero attached hydrogens (tertiary/aromatic N) is 2. The maximum atomic E-state index is 12.3. The monoisotopic (exact) mass is 409 g/mol. The molecule has 1 aliphatic carbocycles. The molecule has 30 heavy (non-hydrogen) atoms. The van der Waals surface area contributed by atoms with Crippen LogP contribution in [0.25, 0.3) is 0 Å². The highest BCUT2D eigenvalue weighted by Crippen LogP contribution is 2.27. The number of anilines is 2. The first-order valence-corrected chi connectivity index (χ1v) is 11.5. The van der Waals surface area contributed by atoms with E-state index in [0.717, 1.165) is 63.1 Å². The van der Waals surface area contributed by atoms with Gasteiger partial charge >= 0.3 is 0 Å². The van der Waals surface area contributed by atoms with E-state index in [1.165, 1.54) is 29.8 Å². The number of rotatable bonds is 7. The summed E-state index contributed by atoms with van der Waals surface area (Å²) in [5, 5.41) is 14.2. The second-order valence-electron chi connectivity index (χ2n) is 8.90. The minimum absolute atomic E-state index is 0.188. The van der Waals surface area contributed by atoms with E-state index in [-0.39, 0.29) is 11.8 Å². The van der Waals surface area contributed by atoms with Crippen LogP contribution in [-0.4, -0.2) is 41.8 Å². The topological polar surface area (TPSA) is 73.1 Å². The molecule has 1 aliphatic heterocycles. The van der Waals surface area contributed by atoms with Crippen molar-refractivity contribution < 1.29 is 4.79 Å². The Kier molecular flexibility index (Phi) is 6.72. The van der Waals surface area contributed by atoms with E-state index in [2.05, 4.69) is 51.7 Å². The van der Waals surface area contributed by atoms with Crippen LogP contribution in [0, 0.1) is 19.8 Å². The van der Waals surface area contributed by atoms with Gasteiger partial charge in [0.15, 0.2) is 0 Å². The Morgan fingerprint density at radius 1 is 1.10 bits per heavy atom. The quantitative estimate of drug-likeness (QED) is 0.647. The van der Waals surface area contributed by atoms with Crippen LogP contribution < -0.4 is 15.5 Å². The molecule has 0 atom stereocenters. The molecule has 6 heteroatoms. The summed E-state index contributed by atoms with van der Waals surface area (Å²) in [6.07, 6.45) is 7.78. The van der Waals surface area contributed by atoms with Crippen LogP contribution in [-0.2, 0) is 11.2 Å². The molecule has 0 unspecified atom stereocenters. The fourth-order valence-corrected chi connectivity index (χ4v) is 4.87. The van der Waals surface area contributed by atoms with Crippen molar-refractivity contribution in [3.05, 3.63) is 41.2 Å². The third-order valence-electron chi connectivity index (χ3n) is 6.81. The summed E-state index contributed by atoms with van der Waals surface area (Å²) >= 11 is 0. The van der Waals surface area contributed by atoms with Crippen molar-refractivity contribution in [2.75, 3.05) is 29.9 Å². The summed E-state index contributed by atoms with van der Waals surface area (Å²) in [5.41, 5.74) is 5.81. The number of piperidine rings is 1. The van der Waals surface area contributed by atoms with E-state index in [1.54, 1.807) is 0 Å². The molecule has 1 aromatic heterocycles. The van der Waals surface area contributed by atoms with Crippen molar-refractivity contribution in [1.82, 2.24) is 15.5 Å². The molecule has 1 amide bonds. The average molecular weight is 410 g/mol. The number of nitrogens with one attached hydrogen (secondary N) is 3. The zero-order valence-corrected chi connectivity index (χ0v) is 18.3. The Hall–Kier alpha value is -2.34. The first-order valence-electron chi connectivity index (χ1n) is 11.5. The first kappa shape index (κ1) is 20.9. The zero-order chi connectivity index (χ0) is 20.9. The largest absolute Gasteiger partial charge is 0.371 e. The van der Waals surface area contributed by atoms with Gasteiger partial charge in [-0.05, 0) is 82.3 Å². The van der Waals surface area contributed by atoms with Gasteiger partial charge in [-0.15, -0.1) is 0 Å². The molecule has 2 heterocycles. The van der Waals surface area contributed by atoms with Crippen molar-refractivity contribution >= 4 is 17.3 Å². The molecule has 0 spiro atoms. The number of benzene rings is 1. The van der Waals surface area contributed by atoms with Gasteiger partial charge in [-0.25, -0.2) is 0 Å². The maximum absolute atomic E-state index is 12.3. The van der Waals surface area contributed by atoms with Gasteiger partial charge < -0.3 is 15.5 Å². The summed E-state index contributed by atoms with van der Waals surface area (Å²) in [6, 6.07) is 8.95. The van der Waals surface area contributed by atoms with E-state index < -0.39 is 0 Å². The summed E-state index contributed by atoms with van der Waals surface area (Å²) in [6.45, 7) is 7.30. The van der Waals surface area contributed by atoms with Crippen molar-refractivity contribution in [1.29, 1.82) is 0 Å². The van der Waals surface area contributed by atoms with Crippen LogP contribution in [0.4, 0.5) is 11.4 Å². The molecule has 2 aromatic rings. The number of aryl methyl sites for hydroxylation is 2. The van der Waals surface area contributed by atoms with Crippen molar-refractivity contribution in [2.45, 2.75) is 64.8 Å². The fraction of sp³-hybridized carbons (Fsp3) is 0.583. The van der Waals surface area contributed by atoms with Crippen LogP contribution in [0.15, 0.2) is 24.3 Å². The molecule has 1 aromatic carbocycles. The second kappa shape index (κ2) is 9.65. The van der Waals surface area contributed by atoms with E-state index >= 15 is 0 Å². The zero-order valence-electron chi connectivity index (χ0n) is 18.3. The third-order valence-corrected chi connectivity index (χ3v) is 6.81. The molecule has 6 nitrogen and oxygen atoms in total. The van der Waals surface area contributed by atoms with Crippen molar-refractivity contribution in [2.24, 2.45) is 5.92 Å². The van der Waals surface area contributed by atoms with Gasteiger partial charge in [-0.1, -0.05) is 12.8 Å². The average Bonchev–Trinajstić information content (AvgIpc) is 3.41. The molecular weight excluding hydrogens is 374 g/mol. The molecule has 2 fully saturated rings. The molecule has 1 saturated heterocycles. The number of hydrogen-bond acceptors (Lipinski definition) is 4. The van der Waals surface area contributed by atoms with Gasteiger partial charge in [-0.3, -0.25) is 9.89 Å². The highest BCUT2D eigenvalue weighted by atomic mass is 16.1.